The monoisotopic (exact) mass is 468 g/mol. The quantitative estimate of drug-likeness (QED) is 0.518. The van der Waals surface area contributed by atoms with Crippen molar-refractivity contribution in [2.75, 3.05) is 13.2 Å². The van der Waals surface area contributed by atoms with E-state index in [-0.39, 0.29) is 24.3 Å². The summed E-state index contributed by atoms with van der Waals surface area (Å²) < 4.78 is 5.72. The third kappa shape index (κ3) is 4.81. The van der Waals surface area contributed by atoms with Gasteiger partial charge in [0.05, 0.1) is 0 Å². The Hall–Kier alpha value is -3.60. The largest absolute Gasteiger partial charge is 0.449 e. The number of alkyl carbamates (subject to hydrolysis) is 1. The van der Waals surface area contributed by atoms with Crippen LogP contribution in [0.3, 0.4) is 0 Å². The molecule has 0 bridgehead atoms. The minimum Gasteiger partial charge on any atom is -0.449 e. The number of rotatable bonds is 6. The fraction of sp³-hybridized carbons (Fsp3) is 0.333. The summed E-state index contributed by atoms with van der Waals surface area (Å²) >= 11 is 0. The molecule has 0 radical (unpaired) electrons. The molecule has 1 heterocycles. The van der Waals surface area contributed by atoms with Gasteiger partial charge < -0.3 is 15.0 Å². The van der Waals surface area contributed by atoms with E-state index in [2.05, 4.69) is 55.6 Å². The Kier molecular flexibility index (Phi) is 6.58. The van der Waals surface area contributed by atoms with E-state index in [1.807, 2.05) is 41.3 Å². The summed E-state index contributed by atoms with van der Waals surface area (Å²) in [6.45, 7) is 5.60. The first kappa shape index (κ1) is 23.2. The Bertz CT molecular complexity index is 1190. The van der Waals surface area contributed by atoms with Crippen LogP contribution in [0.15, 0.2) is 72.8 Å². The van der Waals surface area contributed by atoms with Gasteiger partial charge in [0.2, 0.25) is 5.91 Å². The number of carbonyl (C=O) groups excluding carboxylic acids is 2. The van der Waals surface area contributed by atoms with E-state index in [0.29, 0.717) is 19.5 Å². The maximum atomic E-state index is 13.4. The summed E-state index contributed by atoms with van der Waals surface area (Å²) in [7, 11) is 0. The van der Waals surface area contributed by atoms with Crippen LogP contribution in [-0.2, 0) is 22.5 Å². The van der Waals surface area contributed by atoms with Gasteiger partial charge in [-0.25, -0.2) is 4.79 Å². The Morgan fingerprint density at radius 3 is 2.17 bits per heavy atom. The van der Waals surface area contributed by atoms with Crippen LogP contribution >= 0.6 is 0 Å². The van der Waals surface area contributed by atoms with E-state index in [4.69, 9.17) is 4.74 Å². The fourth-order valence-electron chi connectivity index (χ4n) is 5.38. The van der Waals surface area contributed by atoms with E-state index in [9.17, 15) is 9.59 Å². The Labute approximate surface area is 207 Å². The molecule has 3 aromatic rings. The van der Waals surface area contributed by atoms with Gasteiger partial charge in [0.15, 0.2) is 0 Å². The molecule has 2 amide bonds. The summed E-state index contributed by atoms with van der Waals surface area (Å²) in [6.07, 6.45) is 0.867. The van der Waals surface area contributed by atoms with Crippen molar-refractivity contribution in [3.8, 4) is 11.1 Å². The van der Waals surface area contributed by atoms with Crippen molar-refractivity contribution in [2.45, 2.75) is 45.2 Å². The molecule has 5 rings (SSSR count). The number of fused-ring (bicyclic) bond motifs is 4. The molecule has 35 heavy (non-hydrogen) atoms. The zero-order chi connectivity index (χ0) is 24.4. The highest BCUT2D eigenvalue weighted by Crippen LogP contribution is 2.44. The smallest absolute Gasteiger partial charge is 0.407 e. The molecule has 180 valence electrons. The topological polar surface area (TPSA) is 58.6 Å². The van der Waals surface area contributed by atoms with Gasteiger partial charge >= 0.3 is 6.09 Å². The lowest BCUT2D eigenvalue weighted by molar-refractivity contribution is -0.134. The highest BCUT2D eigenvalue weighted by atomic mass is 16.5. The van der Waals surface area contributed by atoms with Crippen LogP contribution in [0.25, 0.3) is 11.1 Å². The molecule has 5 heteroatoms. The maximum absolute atomic E-state index is 13.4. The van der Waals surface area contributed by atoms with E-state index < -0.39 is 12.1 Å². The first-order valence-corrected chi connectivity index (χ1v) is 12.5. The second-order valence-electron chi connectivity index (χ2n) is 9.93. The maximum Gasteiger partial charge on any atom is 0.407 e. The molecule has 1 aliphatic heterocycles. The molecule has 0 spiro atoms. The van der Waals surface area contributed by atoms with Crippen molar-refractivity contribution >= 4 is 12.0 Å². The third-order valence-electron chi connectivity index (χ3n) is 7.08. The second-order valence-corrected chi connectivity index (χ2v) is 9.93. The van der Waals surface area contributed by atoms with Gasteiger partial charge in [0.1, 0.15) is 12.6 Å². The van der Waals surface area contributed by atoms with Crippen molar-refractivity contribution < 1.29 is 14.3 Å². The van der Waals surface area contributed by atoms with Gasteiger partial charge in [-0.15, -0.1) is 0 Å². The van der Waals surface area contributed by atoms with Crippen LogP contribution in [-0.4, -0.2) is 36.1 Å². The predicted molar refractivity (Wildman–Crippen MR) is 137 cm³/mol. The molecular weight excluding hydrogens is 436 g/mol. The first-order chi connectivity index (χ1) is 17.0. The van der Waals surface area contributed by atoms with Gasteiger partial charge in [-0.1, -0.05) is 86.6 Å². The zero-order valence-corrected chi connectivity index (χ0v) is 20.4. The summed E-state index contributed by atoms with van der Waals surface area (Å²) in [5, 5.41) is 2.89. The molecule has 1 unspecified atom stereocenters. The van der Waals surface area contributed by atoms with E-state index in [1.165, 1.54) is 33.4 Å². The van der Waals surface area contributed by atoms with Crippen LogP contribution in [0.2, 0.25) is 0 Å². The van der Waals surface area contributed by atoms with Crippen molar-refractivity contribution in [3.63, 3.8) is 0 Å². The van der Waals surface area contributed by atoms with Gasteiger partial charge in [0.25, 0.3) is 0 Å². The minimum absolute atomic E-state index is 0.00834. The lowest BCUT2D eigenvalue weighted by atomic mass is 9.97. The molecule has 1 N–H and O–H groups in total. The molecule has 0 aromatic heterocycles. The average Bonchev–Trinajstić information content (AvgIpc) is 3.20. The minimum atomic E-state index is -0.601. The number of nitrogens with one attached hydrogen (secondary N) is 1. The summed E-state index contributed by atoms with van der Waals surface area (Å²) in [5.74, 6) is 0.211. The van der Waals surface area contributed by atoms with Crippen LogP contribution in [0.5, 0.6) is 0 Å². The van der Waals surface area contributed by atoms with Crippen LogP contribution in [0.4, 0.5) is 4.79 Å². The summed E-state index contributed by atoms with van der Waals surface area (Å²) in [4.78, 5) is 28.2. The standard InChI is InChI=1S/C30H32N2O3/c1-20(2)17-28(29(33)32-16-15-21-9-3-4-10-22(21)18-32)31-30(34)35-19-27-25-13-7-5-11-23(25)24-12-6-8-14-26(24)27/h3-14,20,27-28H,15-19H2,1-2H3,(H,31,34). The molecule has 5 nitrogen and oxygen atoms in total. The van der Waals surface area contributed by atoms with Crippen LogP contribution in [0.1, 0.15) is 48.4 Å². The lowest BCUT2D eigenvalue weighted by Crippen LogP contribution is -2.50. The molecule has 1 aliphatic carbocycles. The van der Waals surface area contributed by atoms with Crippen LogP contribution in [0, 0.1) is 5.92 Å². The van der Waals surface area contributed by atoms with Gasteiger partial charge in [-0.3, -0.25) is 4.79 Å². The predicted octanol–water partition coefficient (Wildman–Crippen LogP) is 5.52. The summed E-state index contributed by atoms with van der Waals surface area (Å²) in [5.41, 5.74) is 7.19. The second kappa shape index (κ2) is 9.95. The normalized spacial score (nSPS) is 15.2. The number of nitrogens with zero attached hydrogens (tertiary/aromatic N) is 1. The average molecular weight is 469 g/mol. The van der Waals surface area contributed by atoms with Crippen molar-refractivity contribution in [1.82, 2.24) is 10.2 Å². The molecule has 2 aliphatic rings. The van der Waals surface area contributed by atoms with Gasteiger partial charge in [-0.05, 0) is 52.1 Å². The first-order valence-electron chi connectivity index (χ1n) is 12.5. The number of benzene rings is 3. The fourth-order valence-corrected chi connectivity index (χ4v) is 5.38. The molecule has 1 atom stereocenters. The van der Waals surface area contributed by atoms with Crippen molar-refractivity contribution in [2.24, 2.45) is 5.92 Å². The number of ether oxygens (including phenoxy) is 1. The highest BCUT2D eigenvalue weighted by molar-refractivity contribution is 5.86. The highest BCUT2D eigenvalue weighted by Gasteiger charge is 2.32. The van der Waals surface area contributed by atoms with Crippen molar-refractivity contribution in [1.29, 1.82) is 0 Å². The molecular formula is C30H32N2O3. The molecule has 0 fully saturated rings. The van der Waals surface area contributed by atoms with Gasteiger partial charge in [-0.2, -0.15) is 0 Å². The lowest BCUT2D eigenvalue weighted by Gasteiger charge is -2.32. The molecule has 0 saturated heterocycles. The molecule has 0 saturated carbocycles. The number of hydrogen-bond acceptors (Lipinski definition) is 3. The number of carbonyl (C=O) groups is 2. The van der Waals surface area contributed by atoms with Gasteiger partial charge in [0, 0.05) is 19.0 Å². The van der Waals surface area contributed by atoms with E-state index >= 15 is 0 Å². The Morgan fingerprint density at radius 2 is 1.51 bits per heavy atom. The van der Waals surface area contributed by atoms with Crippen LogP contribution < -0.4 is 5.32 Å². The Balaban J connectivity index is 1.26. The van der Waals surface area contributed by atoms with E-state index in [0.717, 1.165) is 6.42 Å². The van der Waals surface area contributed by atoms with Crippen molar-refractivity contribution in [3.05, 3.63) is 95.1 Å². The third-order valence-corrected chi connectivity index (χ3v) is 7.08. The summed E-state index contributed by atoms with van der Waals surface area (Å²) in [6, 6.07) is 24.2. The zero-order valence-electron chi connectivity index (χ0n) is 20.4. The Morgan fingerprint density at radius 1 is 0.914 bits per heavy atom. The SMILES string of the molecule is CC(C)CC(NC(=O)OCC1c2ccccc2-c2ccccc21)C(=O)N1CCc2ccccc2C1. The van der Waals surface area contributed by atoms with E-state index in [1.54, 1.807) is 0 Å². The number of amides is 2. The molecule has 3 aromatic carbocycles. The number of hydrogen-bond donors (Lipinski definition) is 1.